The van der Waals surface area contributed by atoms with E-state index in [1.807, 2.05) is 44.2 Å². The minimum atomic E-state index is -3.45. The fourth-order valence-electron chi connectivity index (χ4n) is 5.16. The fraction of sp³-hybridized carbons (Fsp3) is 0.458. The Morgan fingerprint density at radius 2 is 1.70 bits per heavy atom. The van der Waals surface area contributed by atoms with Gasteiger partial charge in [0, 0.05) is 11.6 Å². The minimum Gasteiger partial charge on any atom is -0.349 e. The van der Waals surface area contributed by atoms with E-state index in [1.165, 1.54) is 29.8 Å². The van der Waals surface area contributed by atoms with Gasteiger partial charge in [0.15, 0.2) is 0 Å². The van der Waals surface area contributed by atoms with Crippen molar-refractivity contribution in [1.29, 1.82) is 0 Å². The number of para-hydroxylation sites is 1. The van der Waals surface area contributed by atoms with Crippen LogP contribution in [0.4, 0.5) is 5.69 Å². The molecule has 6 heteroatoms. The lowest BCUT2D eigenvalue weighted by molar-refractivity contribution is 0.0923. The third-order valence-electron chi connectivity index (χ3n) is 6.69. The number of nitrogens with one attached hydrogen (secondary N) is 1. The number of anilines is 1. The molecule has 30 heavy (non-hydrogen) atoms. The summed E-state index contributed by atoms with van der Waals surface area (Å²) in [5, 5.41) is 3.21. The van der Waals surface area contributed by atoms with E-state index in [1.54, 1.807) is 12.1 Å². The van der Waals surface area contributed by atoms with Crippen LogP contribution in [-0.4, -0.2) is 26.6 Å². The topological polar surface area (TPSA) is 66.5 Å². The maximum absolute atomic E-state index is 12.7. The second-order valence-electron chi connectivity index (χ2n) is 8.96. The summed E-state index contributed by atoms with van der Waals surface area (Å²) >= 11 is 0. The van der Waals surface area contributed by atoms with Crippen molar-refractivity contribution in [2.45, 2.75) is 52.1 Å². The number of rotatable bonds is 6. The first-order valence-electron chi connectivity index (χ1n) is 10.7. The highest BCUT2D eigenvalue weighted by molar-refractivity contribution is 7.92. The largest absolute Gasteiger partial charge is 0.349 e. The third kappa shape index (κ3) is 4.24. The van der Waals surface area contributed by atoms with Crippen LogP contribution in [0, 0.1) is 25.7 Å². The molecule has 2 bridgehead atoms. The van der Waals surface area contributed by atoms with Crippen molar-refractivity contribution in [1.82, 2.24) is 5.32 Å². The lowest BCUT2D eigenvalue weighted by Gasteiger charge is -2.26. The normalized spacial score (nSPS) is 22.8. The molecule has 4 rings (SSSR count). The number of amides is 1. The van der Waals surface area contributed by atoms with Crippen LogP contribution in [0.5, 0.6) is 0 Å². The molecule has 0 saturated heterocycles. The Kier molecular flexibility index (Phi) is 5.62. The summed E-state index contributed by atoms with van der Waals surface area (Å²) in [4.78, 5) is 12.7. The molecule has 0 unspecified atom stereocenters. The number of benzene rings is 2. The molecule has 160 valence electrons. The summed E-state index contributed by atoms with van der Waals surface area (Å²) < 4.78 is 26.5. The molecular formula is C24H30N2O3S. The van der Waals surface area contributed by atoms with Gasteiger partial charge in [0.1, 0.15) is 0 Å². The molecule has 2 aromatic carbocycles. The van der Waals surface area contributed by atoms with Gasteiger partial charge in [0.05, 0.1) is 18.5 Å². The molecule has 1 amide bonds. The average Bonchev–Trinajstić information content (AvgIpc) is 3.30. The quantitative estimate of drug-likeness (QED) is 0.753. The first kappa shape index (κ1) is 20.9. The van der Waals surface area contributed by atoms with Gasteiger partial charge in [-0.25, -0.2) is 8.42 Å². The zero-order chi connectivity index (χ0) is 21.5. The van der Waals surface area contributed by atoms with Crippen LogP contribution in [0.2, 0.25) is 0 Å². The number of hydrogen-bond donors (Lipinski definition) is 1. The molecule has 0 heterocycles. The molecule has 2 aliphatic rings. The second-order valence-corrected chi connectivity index (χ2v) is 10.9. The Labute approximate surface area is 179 Å². The maximum Gasteiger partial charge on any atom is 0.251 e. The van der Waals surface area contributed by atoms with E-state index >= 15 is 0 Å². The van der Waals surface area contributed by atoms with E-state index in [2.05, 4.69) is 5.32 Å². The summed E-state index contributed by atoms with van der Waals surface area (Å²) in [5.41, 5.74) is 4.03. The van der Waals surface area contributed by atoms with E-state index in [4.69, 9.17) is 0 Å². The number of carbonyl (C=O) groups excluding carboxylic acids is 1. The molecule has 2 saturated carbocycles. The summed E-state index contributed by atoms with van der Waals surface area (Å²) in [5.74, 6) is 1.39. The molecule has 2 aromatic rings. The average molecular weight is 427 g/mol. The second kappa shape index (κ2) is 8.06. The third-order valence-corrected chi connectivity index (χ3v) is 7.80. The first-order chi connectivity index (χ1) is 14.2. The molecule has 0 radical (unpaired) electrons. The highest BCUT2D eigenvalue weighted by atomic mass is 32.2. The van der Waals surface area contributed by atoms with Crippen molar-refractivity contribution in [3.05, 3.63) is 64.7 Å². The molecule has 2 aliphatic carbocycles. The van der Waals surface area contributed by atoms with Crippen molar-refractivity contribution in [3.63, 3.8) is 0 Å². The first-order valence-corrected chi connectivity index (χ1v) is 12.5. The van der Waals surface area contributed by atoms with Gasteiger partial charge in [0.25, 0.3) is 5.91 Å². The van der Waals surface area contributed by atoms with E-state index in [0.29, 0.717) is 17.5 Å². The van der Waals surface area contributed by atoms with Gasteiger partial charge in [-0.05, 0) is 73.8 Å². The molecule has 0 aliphatic heterocycles. The number of sulfonamides is 1. The molecule has 1 N–H and O–H groups in total. The van der Waals surface area contributed by atoms with Crippen molar-refractivity contribution in [3.8, 4) is 0 Å². The van der Waals surface area contributed by atoms with Gasteiger partial charge in [-0.15, -0.1) is 0 Å². The zero-order valence-electron chi connectivity index (χ0n) is 17.9. The molecular weight excluding hydrogens is 396 g/mol. The van der Waals surface area contributed by atoms with E-state index in [9.17, 15) is 13.2 Å². The van der Waals surface area contributed by atoms with E-state index in [-0.39, 0.29) is 12.5 Å². The van der Waals surface area contributed by atoms with E-state index < -0.39 is 10.0 Å². The Bertz CT molecular complexity index is 1030. The van der Waals surface area contributed by atoms with Crippen molar-refractivity contribution >= 4 is 21.6 Å². The number of carbonyl (C=O) groups is 1. The van der Waals surface area contributed by atoms with Crippen LogP contribution >= 0.6 is 0 Å². The monoisotopic (exact) mass is 426 g/mol. The minimum absolute atomic E-state index is 0.0335. The maximum atomic E-state index is 12.7. The smallest absolute Gasteiger partial charge is 0.251 e. The lowest BCUT2D eigenvalue weighted by Crippen LogP contribution is -2.38. The number of hydrogen-bond acceptors (Lipinski definition) is 3. The highest BCUT2D eigenvalue weighted by Gasteiger charge is 2.40. The number of aryl methyl sites for hydroxylation is 2. The predicted molar refractivity (Wildman–Crippen MR) is 120 cm³/mol. The van der Waals surface area contributed by atoms with Crippen LogP contribution in [-0.2, 0) is 16.6 Å². The highest BCUT2D eigenvalue weighted by Crippen LogP contribution is 2.44. The van der Waals surface area contributed by atoms with Gasteiger partial charge < -0.3 is 5.32 Å². The van der Waals surface area contributed by atoms with Crippen LogP contribution < -0.4 is 9.62 Å². The van der Waals surface area contributed by atoms with Crippen LogP contribution in [0.3, 0.4) is 0 Å². The molecule has 0 spiro atoms. The Morgan fingerprint density at radius 1 is 1.03 bits per heavy atom. The number of nitrogens with zero attached hydrogens (tertiary/aromatic N) is 1. The van der Waals surface area contributed by atoms with Gasteiger partial charge in [-0.2, -0.15) is 0 Å². The summed E-state index contributed by atoms with van der Waals surface area (Å²) in [6, 6.07) is 13.4. The Morgan fingerprint density at radius 3 is 2.23 bits per heavy atom. The SMILES string of the molecule is Cc1cccc(C)c1N(Cc1ccc(C(=O)N[C@@H]2C[C@@H]3CC[C@@H]2C3)cc1)S(C)(=O)=O. The van der Waals surface area contributed by atoms with Gasteiger partial charge in [-0.1, -0.05) is 36.8 Å². The molecule has 3 atom stereocenters. The van der Waals surface area contributed by atoms with Crippen molar-refractivity contribution < 1.29 is 13.2 Å². The standard InChI is InChI=1S/C24H30N2O3S/c1-16-5-4-6-17(2)23(16)26(30(3,28)29)15-18-7-10-20(11-8-18)24(27)25-22-14-19-9-12-21(22)13-19/h4-8,10-11,19,21-22H,9,12-15H2,1-3H3,(H,25,27)/t19-,21-,22-/m1/s1. The number of fused-ring (bicyclic) bond motifs is 2. The van der Waals surface area contributed by atoms with Gasteiger partial charge >= 0.3 is 0 Å². The van der Waals surface area contributed by atoms with Gasteiger partial charge in [0.2, 0.25) is 10.0 Å². The summed E-state index contributed by atoms with van der Waals surface area (Å²) in [6.07, 6.45) is 6.13. The Balaban J connectivity index is 1.49. The fourth-order valence-corrected chi connectivity index (χ4v) is 6.16. The summed E-state index contributed by atoms with van der Waals surface area (Å²) in [7, 11) is -3.45. The van der Waals surface area contributed by atoms with Crippen LogP contribution in [0.15, 0.2) is 42.5 Å². The predicted octanol–water partition coefficient (Wildman–Crippen LogP) is 4.19. The molecule has 5 nitrogen and oxygen atoms in total. The van der Waals surface area contributed by atoms with Crippen LogP contribution in [0.25, 0.3) is 0 Å². The van der Waals surface area contributed by atoms with Crippen molar-refractivity contribution in [2.24, 2.45) is 11.8 Å². The lowest BCUT2D eigenvalue weighted by atomic mass is 9.95. The molecule has 0 aromatic heterocycles. The summed E-state index contributed by atoms with van der Waals surface area (Å²) in [6.45, 7) is 4.08. The Hall–Kier alpha value is -2.34. The van der Waals surface area contributed by atoms with E-state index in [0.717, 1.165) is 34.7 Å². The van der Waals surface area contributed by atoms with Gasteiger partial charge in [-0.3, -0.25) is 9.10 Å². The van der Waals surface area contributed by atoms with Crippen LogP contribution in [0.1, 0.15) is 52.7 Å². The molecule has 2 fully saturated rings. The zero-order valence-corrected chi connectivity index (χ0v) is 18.7. The van der Waals surface area contributed by atoms with Crippen molar-refractivity contribution in [2.75, 3.05) is 10.6 Å².